The predicted molar refractivity (Wildman–Crippen MR) is 77.5 cm³/mol. The molecular formula is C14H17N7. The number of nitrogens with zero attached hydrogens (tertiary/aromatic N) is 7. The Morgan fingerprint density at radius 3 is 2.62 bits per heavy atom. The lowest BCUT2D eigenvalue weighted by Crippen LogP contribution is -2.15. The van der Waals surface area contributed by atoms with E-state index in [0.717, 1.165) is 29.2 Å². The monoisotopic (exact) mass is 283 g/mol. The molecule has 0 aliphatic heterocycles. The van der Waals surface area contributed by atoms with Gasteiger partial charge >= 0.3 is 0 Å². The van der Waals surface area contributed by atoms with E-state index in [2.05, 4.69) is 45.3 Å². The molecule has 3 rings (SSSR count). The summed E-state index contributed by atoms with van der Waals surface area (Å²) in [6, 6.07) is 2.23. The summed E-state index contributed by atoms with van der Waals surface area (Å²) in [5.41, 5.74) is 3.81. The molecule has 108 valence electrons. The number of hydrogen-bond acceptors (Lipinski definition) is 5. The molecular weight excluding hydrogens is 266 g/mol. The molecule has 3 aromatic rings. The maximum Gasteiger partial charge on any atom is 0.116 e. The Labute approximate surface area is 122 Å². The highest BCUT2D eigenvalue weighted by Gasteiger charge is 2.12. The van der Waals surface area contributed by atoms with Crippen molar-refractivity contribution in [1.82, 2.24) is 34.7 Å². The highest BCUT2D eigenvalue weighted by molar-refractivity contribution is 5.54. The molecule has 7 heteroatoms. The Bertz CT molecular complexity index is 729. The number of aryl methyl sites for hydroxylation is 2. The molecule has 0 aliphatic rings. The minimum Gasteiger partial charge on any atom is -0.267 e. The van der Waals surface area contributed by atoms with Crippen molar-refractivity contribution in [1.29, 1.82) is 0 Å². The molecule has 0 aromatic carbocycles. The highest BCUT2D eigenvalue weighted by Crippen LogP contribution is 2.16. The first kappa shape index (κ1) is 13.4. The van der Waals surface area contributed by atoms with Gasteiger partial charge in [-0.25, -0.2) is 14.6 Å². The average molecular weight is 283 g/mol. The lowest BCUT2D eigenvalue weighted by molar-refractivity contribution is 0.392. The third kappa shape index (κ3) is 2.81. The first-order valence-electron chi connectivity index (χ1n) is 6.82. The first-order chi connectivity index (χ1) is 10.1. The van der Waals surface area contributed by atoms with Crippen LogP contribution >= 0.6 is 0 Å². The summed E-state index contributed by atoms with van der Waals surface area (Å²) in [6.45, 7) is 6.90. The summed E-state index contributed by atoms with van der Waals surface area (Å²) in [5.74, 6) is 0. The van der Waals surface area contributed by atoms with Gasteiger partial charge in [-0.15, -0.1) is 5.10 Å². The summed E-state index contributed by atoms with van der Waals surface area (Å²) in [7, 11) is 0. The van der Waals surface area contributed by atoms with Gasteiger partial charge in [0.2, 0.25) is 0 Å². The molecule has 0 bridgehead atoms. The molecule has 3 aromatic heterocycles. The van der Waals surface area contributed by atoms with Crippen molar-refractivity contribution in [2.24, 2.45) is 0 Å². The van der Waals surface area contributed by atoms with E-state index in [1.807, 2.05) is 22.5 Å². The van der Waals surface area contributed by atoms with Crippen LogP contribution in [0.2, 0.25) is 0 Å². The minimum absolute atomic E-state index is 0.161. The summed E-state index contributed by atoms with van der Waals surface area (Å²) >= 11 is 0. The molecule has 0 radical (unpaired) electrons. The Kier molecular flexibility index (Phi) is 3.47. The molecule has 0 N–H and O–H groups in total. The third-order valence-corrected chi connectivity index (χ3v) is 3.36. The van der Waals surface area contributed by atoms with E-state index in [4.69, 9.17) is 0 Å². The zero-order chi connectivity index (χ0) is 14.8. The van der Waals surface area contributed by atoms with Gasteiger partial charge in [0.05, 0.1) is 24.5 Å². The van der Waals surface area contributed by atoms with Crippen LogP contribution in [0.25, 0.3) is 11.3 Å². The molecule has 7 nitrogen and oxygen atoms in total. The van der Waals surface area contributed by atoms with Gasteiger partial charge in [0.15, 0.2) is 0 Å². The maximum atomic E-state index is 4.48. The fraction of sp³-hybridized carbons (Fsp3) is 0.357. The van der Waals surface area contributed by atoms with Crippen LogP contribution in [-0.4, -0.2) is 34.7 Å². The lowest BCUT2D eigenvalue weighted by atomic mass is 10.2. The van der Waals surface area contributed by atoms with Gasteiger partial charge in [0.25, 0.3) is 0 Å². The summed E-state index contributed by atoms with van der Waals surface area (Å²) in [5, 5.41) is 12.9. The SMILES string of the molecule is Cc1cc(C)n(C[C@@H](C)n2cc(-c3cncnc3)nn2)n1. The summed E-state index contributed by atoms with van der Waals surface area (Å²) < 4.78 is 3.84. The Balaban J connectivity index is 1.78. The molecule has 1 atom stereocenters. The van der Waals surface area contributed by atoms with Gasteiger partial charge in [-0.1, -0.05) is 5.21 Å². The van der Waals surface area contributed by atoms with E-state index in [0.29, 0.717) is 0 Å². The molecule has 3 heterocycles. The zero-order valence-electron chi connectivity index (χ0n) is 12.3. The maximum absolute atomic E-state index is 4.48. The van der Waals surface area contributed by atoms with Crippen LogP contribution in [0.4, 0.5) is 0 Å². The van der Waals surface area contributed by atoms with Gasteiger partial charge in [-0.05, 0) is 26.8 Å². The van der Waals surface area contributed by atoms with Gasteiger partial charge in [0, 0.05) is 23.7 Å². The second kappa shape index (κ2) is 5.43. The van der Waals surface area contributed by atoms with Crippen LogP contribution in [0, 0.1) is 13.8 Å². The van der Waals surface area contributed by atoms with Crippen molar-refractivity contribution >= 4 is 0 Å². The smallest absolute Gasteiger partial charge is 0.116 e. The Hall–Kier alpha value is -2.57. The van der Waals surface area contributed by atoms with Crippen molar-refractivity contribution in [3.63, 3.8) is 0 Å². The fourth-order valence-electron chi connectivity index (χ4n) is 2.25. The van der Waals surface area contributed by atoms with Crippen molar-refractivity contribution in [3.05, 3.63) is 42.4 Å². The Morgan fingerprint density at radius 1 is 1.19 bits per heavy atom. The van der Waals surface area contributed by atoms with Crippen LogP contribution in [0.15, 0.2) is 31.0 Å². The Morgan fingerprint density at radius 2 is 1.95 bits per heavy atom. The van der Waals surface area contributed by atoms with E-state index < -0.39 is 0 Å². The molecule has 0 spiro atoms. The standard InChI is InChI=1S/C14H17N7/c1-10-4-11(2)20(18-10)7-12(3)21-8-14(17-19-21)13-5-15-9-16-6-13/h4-6,8-9,12H,7H2,1-3H3/t12-/m1/s1. The second-order valence-corrected chi connectivity index (χ2v) is 5.17. The van der Waals surface area contributed by atoms with Crippen LogP contribution in [0.5, 0.6) is 0 Å². The van der Waals surface area contributed by atoms with Crippen LogP contribution < -0.4 is 0 Å². The van der Waals surface area contributed by atoms with Gasteiger partial charge in [-0.2, -0.15) is 5.10 Å². The molecule has 0 saturated carbocycles. The molecule has 0 aliphatic carbocycles. The van der Waals surface area contributed by atoms with Gasteiger partial charge < -0.3 is 0 Å². The van der Waals surface area contributed by atoms with Crippen molar-refractivity contribution in [3.8, 4) is 11.3 Å². The van der Waals surface area contributed by atoms with E-state index >= 15 is 0 Å². The van der Waals surface area contributed by atoms with E-state index in [1.165, 1.54) is 6.33 Å². The normalized spacial score (nSPS) is 12.5. The first-order valence-corrected chi connectivity index (χ1v) is 6.82. The van der Waals surface area contributed by atoms with Crippen LogP contribution in [-0.2, 0) is 6.54 Å². The lowest BCUT2D eigenvalue weighted by Gasteiger charge is -2.12. The van der Waals surface area contributed by atoms with Crippen molar-refractivity contribution in [2.75, 3.05) is 0 Å². The molecule has 0 saturated heterocycles. The van der Waals surface area contributed by atoms with Crippen molar-refractivity contribution in [2.45, 2.75) is 33.4 Å². The molecule has 21 heavy (non-hydrogen) atoms. The van der Waals surface area contributed by atoms with E-state index in [9.17, 15) is 0 Å². The van der Waals surface area contributed by atoms with Crippen LogP contribution in [0.3, 0.4) is 0 Å². The number of hydrogen-bond donors (Lipinski definition) is 0. The molecule has 0 amide bonds. The topological polar surface area (TPSA) is 74.3 Å². The quantitative estimate of drug-likeness (QED) is 0.730. The number of aromatic nitrogens is 7. The second-order valence-electron chi connectivity index (χ2n) is 5.17. The largest absolute Gasteiger partial charge is 0.267 e. The van der Waals surface area contributed by atoms with E-state index in [-0.39, 0.29) is 6.04 Å². The van der Waals surface area contributed by atoms with Gasteiger partial charge in [0.1, 0.15) is 12.0 Å². The number of rotatable bonds is 4. The van der Waals surface area contributed by atoms with Gasteiger partial charge in [-0.3, -0.25) is 4.68 Å². The van der Waals surface area contributed by atoms with E-state index in [1.54, 1.807) is 12.4 Å². The molecule has 0 unspecified atom stereocenters. The van der Waals surface area contributed by atoms with Crippen LogP contribution in [0.1, 0.15) is 24.4 Å². The summed E-state index contributed by atoms with van der Waals surface area (Å²) in [6.07, 6.45) is 6.87. The zero-order valence-corrected chi connectivity index (χ0v) is 12.3. The van der Waals surface area contributed by atoms with Crippen molar-refractivity contribution < 1.29 is 0 Å². The predicted octanol–water partition coefficient (Wildman–Crippen LogP) is 1.81. The highest BCUT2D eigenvalue weighted by atomic mass is 15.4. The average Bonchev–Trinajstić information content (AvgIpc) is 3.07. The fourth-order valence-corrected chi connectivity index (χ4v) is 2.25. The molecule has 0 fully saturated rings. The summed E-state index contributed by atoms with van der Waals surface area (Å²) in [4.78, 5) is 7.99. The third-order valence-electron chi connectivity index (χ3n) is 3.36. The minimum atomic E-state index is 0.161.